The Balaban J connectivity index is 2.07. The molecular weight excluding hydrogens is 268 g/mol. The molecule has 3 nitrogen and oxygen atoms in total. The summed E-state index contributed by atoms with van der Waals surface area (Å²) in [5.74, 6) is -0.135. The Morgan fingerprint density at radius 1 is 1.17 bits per heavy atom. The van der Waals surface area contributed by atoms with Crippen LogP contribution in [0.1, 0.15) is 9.67 Å². The molecule has 0 unspecified atom stereocenters. The summed E-state index contributed by atoms with van der Waals surface area (Å²) in [7, 11) is 3.95. The van der Waals surface area contributed by atoms with E-state index in [1.54, 1.807) is 12.1 Å². The number of nitrogens with zero attached hydrogens (tertiary/aromatic N) is 1. The van der Waals surface area contributed by atoms with Gasteiger partial charge in [-0.2, -0.15) is 0 Å². The third kappa shape index (κ3) is 3.03. The number of anilines is 2. The molecule has 1 aromatic carbocycles. The summed E-state index contributed by atoms with van der Waals surface area (Å²) in [6.45, 7) is 0. The molecule has 0 aliphatic rings. The second-order valence-corrected chi connectivity index (χ2v) is 5.71. The normalized spacial score (nSPS) is 10.2. The maximum absolute atomic E-state index is 11.9. The summed E-state index contributed by atoms with van der Waals surface area (Å²) in [6.07, 6.45) is 0. The summed E-state index contributed by atoms with van der Waals surface area (Å²) in [6, 6.07) is 11.1. The van der Waals surface area contributed by atoms with Gasteiger partial charge in [-0.3, -0.25) is 4.79 Å². The van der Waals surface area contributed by atoms with Crippen LogP contribution in [0.4, 0.5) is 11.4 Å². The fourth-order valence-corrected chi connectivity index (χ4v) is 2.41. The Bertz CT molecular complexity index is 548. The van der Waals surface area contributed by atoms with Gasteiger partial charge in [0.1, 0.15) is 0 Å². The Labute approximate surface area is 115 Å². The fraction of sp³-hybridized carbons (Fsp3) is 0.154. The van der Waals surface area contributed by atoms with Gasteiger partial charge in [-0.15, -0.1) is 11.3 Å². The zero-order valence-electron chi connectivity index (χ0n) is 10.1. The highest BCUT2D eigenvalue weighted by molar-refractivity contribution is 7.18. The average molecular weight is 281 g/mol. The standard InChI is InChI=1S/C13H13ClN2OS/c1-16(2)10-5-3-9(4-6-10)15-13(17)11-7-8-12(14)18-11/h3-8H,1-2H3,(H,15,17). The number of halogens is 1. The molecule has 2 rings (SSSR count). The Morgan fingerprint density at radius 2 is 1.83 bits per heavy atom. The van der Waals surface area contributed by atoms with Gasteiger partial charge in [0.2, 0.25) is 0 Å². The highest BCUT2D eigenvalue weighted by Gasteiger charge is 2.08. The summed E-state index contributed by atoms with van der Waals surface area (Å²) in [5.41, 5.74) is 1.86. The molecule has 18 heavy (non-hydrogen) atoms. The molecule has 0 fully saturated rings. The molecule has 0 aliphatic carbocycles. The lowest BCUT2D eigenvalue weighted by atomic mass is 10.2. The van der Waals surface area contributed by atoms with Crippen molar-refractivity contribution in [2.24, 2.45) is 0 Å². The van der Waals surface area contributed by atoms with Gasteiger partial charge in [0.25, 0.3) is 5.91 Å². The zero-order chi connectivity index (χ0) is 13.1. The van der Waals surface area contributed by atoms with Crippen LogP contribution in [0.5, 0.6) is 0 Å². The lowest BCUT2D eigenvalue weighted by Crippen LogP contribution is -2.11. The van der Waals surface area contributed by atoms with Crippen molar-refractivity contribution in [1.29, 1.82) is 0 Å². The van der Waals surface area contributed by atoms with Crippen molar-refractivity contribution in [2.45, 2.75) is 0 Å². The van der Waals surface area contributed by atoms with Crippen molar-refractivity contribution >= 4 is 40.2 Å². The number of nitrogens with one attached hydrogen (secondary N) is 1. The lowest BCUT2D eigenvalue weighted by Gasteiger charge is -2.12. The van der Waals surface area contributed by atoms with Crippen LogP contribution in [0.3, 0.4) is 0 Å². The van der Waals surface area contributed by atoms with Gasteiger partial charge in [0, 0.05) is 25.5 Å². The highest BCUT2D eigenvalue weighted by atomic mass is 35.5. The van der Waals surface area contributed by atoms with E-state index in [0.717, 1.165) is 11.4 Å². The molecule has 1 heterocycles. The molecule has 0 saturated heterocycles. The van der Waals surface area contributed by atoms with Crippen molar-refractivity contribution in [3.63, 3.8) is 0 Å². The molecule has 0 aliphatic heterocycles. The number of carbonyl (C=O) groups excluding carboxylic acids is 1. The Morgan fingerprint density at radius 3 is 2.33 bits per heavy atom. The molecule has 0 spiro atoms. The van der Waals surface area contributed by atoms with Crippen LogP contribution in [0.15, 0.2) is 36.4 Å². The molecule has 0 radical (unpaired) electrons. The summed E-state index contributed by atoms with van der Waals surface area (Å²) < 4.78 is 0.614. The van der Waals surface area contributed by atoms with Crippen LogP contribution in [0, 0.1) is 0 Å². The Hall–Kier alpha value is -1.52. The number of hydrogen-bond acceptors (Lipinski definition) is 3. The van der Waals surface area contributed by atoms with Crippen LogP contribution in [-0.4, -0.2) is 20.0 Å². The third-order valence-electron chi connectivity index (χ3n) is 2.44. The molecule has 2 aromatic rings. The molecule has 0 atom stereocenters. The van der Waals surface area contributed by atoms with Crippen LogP contribution < -0.4 is 10.2 Å². The number of rotatable bonds is 3. The van der Waals surface area contributed by atoms with Gasteiger partial charge in [0.05, 0.1) is 9.21 Å². The minimum atomic E-state index is -0.135. The van der Waals surface area contributed by atoms with E-state index < -0.39 is 0 Å². The van der Waals surface area contributed by atoms with Crippen LogP contribution in [0.2, 0.25) is 4.34 Å². The predicted octanol–water partition coefficient (Wildman–Crippen LogP) is 3.72. The van der Waals surface area contributed by atoms with Crippen LogP contribution in [-0.2, 0) is 0 Å². The SMILES string of the molecule is CN(C)c1ccc(NC(=O)c2ccc(Cl)s2)cc1. The molecule has 0 saturated carbocycles. The highest BCUT2D eigenvalue weighted by Crippen LogP contribution is 2.23. The van der Waals surface area contributed by atoms with E-state index in [1.807, 2.05) is 43.3 Å². The van der Waals surface area contributed by atoms with E-state index in [1.165, 1.54) is 11.3 Å². The minimum Gasteiger partial charge on any atom is -0.378 e. The Kier molecular flexibility index (Phi) is 3.89. The van der Waals surface area contributed by atoms with Crippen molar-refractivity contribution in [2.75, 3.05) is 24.3 Å². The third-order valence-corrected chi connectivity index (χ3v) is 3.67. The molecule has 0 bridgehead atoms. The van der Waals surface area contributed by atoms with Gasteiger partial charge >= 0.3 is 0 Å². The molecule has 1 amide bonds. The first kappa shape index (κ1) is 12.9. The maximum Gasteiger partial charge on any atom is 0.265 e. The zero-order valence-corrected chi connectivity index (χ0v) is 11.7. The topological polar surface area (TPSA) is 32.3 Å². The van der Waals surface area contributed by atoms with Crippen molar-refractivity contribution in [3.05, 3.63) is 45.6 Å². The van der Waals surface area contributed by atoms with Crippen LogP contribution >= 0.6 is 22.9 Å². The van der Waals surface area contributed by atoms with Gasteiger partial charge in [0.15, 0.2) is 0 Å². The quantitative estimate of drug-likeness (QED) is 0.929. The smallest absolute Gasteiger partial charge is 0.265 e. The van der Waals surface area contributed by atoms with Crippen molar-refractivity contribution in [1.82, 2.24) is 0 Å². The predicted molar refractivity (Wildman–Crippen MR) is 78.1 cm³/mol. The number of hydrogen-bond donors (Lipinski definition) is 1. The van der Waals surface area contributed by atoms with E-state index in [4.69, 9.17) is 11.6 Å². The fourth-order valence-electron chi connectivity index (χ4n) is 1.47. The summed E-state index contributed by atoms with van der Waals surface area (Å²) in [5, 5.41) is 2.83. The van der Waals surface area contributed by atoms with Gasteiger partial charge in [-0.25, -0.2) is 0 Å². The first-order valence-electron chi connectivity index (χ1n) is 5.40. The maximum atomic E-state index is 11.9. The second kappa shape index (κ2) is 5.42. The van der Waals surface area contributed by atoms with E-state index in [9.17, 15) is 4.79 Å². The average Bonchev–Trinajstić information content (AvgIpc) is 2.76. The van der Waals surface area contributed by atoms with E-state index >= 15 is 0 Å². The lowest BCUT2D eigenvalue weighted by molar-refractivity contribution is 0.103. The van der Waals surface area contributed by atoms with Crippen molar-refractivity contribution < 1.29 is 4.79 Å². The number of benzene rings is 1. The van der Waals surface area contributed by atoms with Crippen molar-refractivity contribution in [3.8, 4) is 0 Å². The number of amides is 1. The van der Waals surface area contributed by atoms with E-state index in [2.05, 4.69) is 5.32 Å². The second-order valence-electron chi connectivity index (χ2n) is 4.00. The first-order chi connectivity index (χ1) is 8.56. The van der Waals surface area contributed by atoms with Crippen LogP contribution in [0.25, 0.3) is 0 Å². The molecular formula is C13H13ClN2OS. The molecule has 94 valence electrons. The number of carbonyl (C=O) groups is 1. The largest absolute Gasteiger partial charge is 0.378 e. The molecule has 1 N–H and O–H groups in total. The summed E-state index contributed by atoms with van der Waals surface area (Å²) >= 11 is 7.06. The van der Waals surface area contributed by atoms with Gasteiger partial charge in [-0.05, 0) is 36.4 Å². The summed E-state index contributed by atoms with van der Waals surface area (Å²) in [4.78, 5) is 14.5. The monoisotopic (exact) mass is 280 g/mol. The van der Waals surface area contributed by atoms with E-state index in [0.29, 0.717) is 9.21 Å². The van der Waals surface area contributed by atoms with E-state index in [-0.39, 0.29) is 5.91 Å². The minimum absolute atomic E-state index is 0.135. The first-order valence-corrected chi connectivity index (χ1v) is 6.60. The van der Waals surface area contributed by atoms with Gasteiger partial charge < -0.3 is 10.2 Å². The van der Waals surface area contributed by atoms with Gasteiger partial charge in [-0.1, -0.05) is 11.6 Å². The molecule has 5 heteroatoms. The number of thiophene rings is 1. The molecule has 1 aromatic heterocycles.